The maximum absolute atomic E-state index is 14.0. The minimum atomic E-state index is -0.958. The van der Waals surface area contributed by atoms with Crippen LogP contribution >= 0.6 is 11.3 Å². The topological polar surface area (TPSA) is 79.2 Å². The molecule has 0 radical (unpaired) electrons. The molecule has 3 fully saturated rings. The van der Waals surface area contributed by atoms with Crippen molar-refractivity contribution in [1.29, 1.82) is 0 Å². The van der Waals surface area contributed by atoms with Crippen LogP contribution in [0.25, 0.3) is 0 Å². The molecular formula is C36H47NO5S. The minimum absolute atomic E-state index is 0.0238. The Kier molecular flexibility index (Phi) is 8.29. The van der Waals surface area contributed by atoms with Crippen LogP contribution in [0.4, 0.5) is 0 Å². The van der Waals surface area contributed by atoms with Gasteiger partial charge in [0.25, 0.3) is 0 Å². The zero-order valence-electron chi connectivity index (χ0n) is 26.1. The number of benzene rings is 1. The van der Waals surface area contributed by atoms with Gasteiger partial charge in [-0.3, -0.25) is 4.79 Å². The van der Waals surface area contributed by atoms with E-state index in [2.05, 4.69) is 43.5 Å². The maximum atomic E-state index is 14.0. The number of hydrogen-bond donors (Lipinski definition) is 2. The third-order valence-corrected chi connectivity index (χ3v) is 12.6. The molecule has 43 heavy (non-hydrogen) atoms. The molecule has 1 amide bonds. The van der Waals surface area contributed by atoms with Crippen LogP contribution < -0.4 is 9.47 Å². The SMILES string of the molecule is COc1ccc(CC(=O)N(CCc2cccs2)C[C@]2(O)CC[C@H]3C4=CC=C5C[C@@H](O)CC[C@]5(C)[C@H]4CC[C@@]32C)cc1OC. The van der Waals surface area contributed by atoms with Gasteiger partial charge >= 0.3 is 0 Å². The minimum Gasteiger partial charge on any atom is -0.493 e. The summed E-state index contributed by atoms with van der Waals surface area (Å²) in [4.78, 5) is 17.1. The molecule has 6 nitrogen and oxygen atoms in total. The molecule has 1 heterocycles. The van der Waals surface area contributed by atoms with E-state index in [1.54, 1.807) is 25.6 Å². The Morgan fingerprint density at radius 1 is 1.02 bits per heavy atom. The molecule has 0 unspecified atom stereocenters. The van der Waals surface area contributed by atoms with E-state index < -0.39 is 5.60 Å². The summed E-state index contributed by atoms with van der Waals surface area (Å²) in [5, 5.41) is 25.0. The van der Waals surface area contributed by atoms with Crippen molar-refractivity contribution in [2.45, 2.75) is 83.3 Å². The van der Waals surface area contributed by atoms with Crippen molar-refractivity contribution in [3.63, 3.8) is 0 Å². The van der Waals surface area contributed by atoms with Gasteiger partial charge in [0.2, 0.25) is 5.91 Å². The Labute approximate surface area is 260 Å². The average Bonchev–Trinajstić information content (AvgIpc) is 3.61. The van der Waals surface area contributed by atoms with Gasteiger partial charge in [0, 0.05) is 23.4 Å². The van der Waals surface area contributed by atoms with Gasteiger partial charge in [-0.25, -0.2) is 0 Å². The third kappa shape index (κ3) is 5.36. The van der Waals surface area contributed by atoms with Gasteiger partial charge in [0.1, 0.15) is 0 Å². The first-order valence-corrected chi connectivity index (χ1v) is 16.8. The second kappa shape index (κ2) is 11.7. The van der Waals surface area contributed by atoms with Crippen molar-refractivity contribution in [2.24, 2.45) is 22.7 Å². The number of aliphatic hydroxyl groups excluding tert-OH is 1. The fourth-order valence-electron chi connectivity index (χ4n) is 8.94. The molecule has 1 aromatic heterocycles. The van der Waals surface area contributed by atoms with Crippen LogP contribution in [0.1, 0.15) is 69.2 Å². The average molecular weight is 606 g/mol. The summed E-state index contributed by atoms with van der Waals surface area (Å²) < 4.78 is 10.9. The highest BCUT2D eigenvalue weighted by atomic mass is 32.1. The van der Waals surface area contributed by atoms with E-state index in [9.17, 15) is 15.0 Å². The monoisotopic (exact) mass is 605 g/mol. The van der Waals surface area contributed by atoms with E-state index in [0.29, 0.717) is 42.8 Å². The predicted molar refractivity (Wildman–Crippen MR) is 170 cm³/mol. The van der Waals surface area contributed by atoms with E-state index in [0.717, 1.165) is 50.5 Å². The van der Waals surface area contributed by atoms with Crippen LogP contribution in [-0.4, -0.2) is 60.0 Å². The number of rotatable bonds is 9. The van der Waals surface area contributed by atoms with Crippen molar-refractivity contribution in [3.05, 3.63) is 69.5 Å². The second-order valence-electron chi connectivity index (χ2n) is 13.8. The molecule has 1 aromatic carbocycles. The van der Waals surface area contributed by atoms with Gasteiger partial charge in [0.05, 0.1) is 32.3 Å². The number of methoxy groups -OCH3 is 2. The highest BCUT2D eigenvalue weighted by Crippen LogP contribution is 2.66. The molecule has 2 N–H and O–H groups in total. The van der Waals surface area contributed by atoms with Crippen molar-refractivity contribution in [2.75, 3.05) is 27.3 Å². The van der Waals surface area contributed by atoms with Crippen LogP contribution in [0.5, 0.6) is 11.5 Å². The summed E-state index contributed by atoms with van der Waals surface area (Å²) in [6, 6.07) is 9.81. The first-order chi connectivity index (χ1) is 20.6. The number of fused-ring (bicyclic) bond motifs is 5. The molecule has 232 valence electrons. The van der Waals surface area contributed by atoms with Crippen LogP contribution in [0.2, 0.25) is 0 Å². The molecule has 6 atom stereocenters. The van der Waals surface area contributed by atoms with Gasteiger partial charge in [-0.15, -0.1) is 11.3 Å². The maximum Gasteiger partial charge on any atom is 0.227 e. The molecule has 6 rings (SSSR count). The Bertz CT molecular complexity index is 1400. The van der Waals surface area contributed by atoms with Crippen molar-refractivity contribution >= 4 is 17.2 Å². The Morgan fingerprint density at radius 3 is 2.56 bits per heavy atom. The fourth-order valence-corrected chi connectivity index (χ4v) is 9.64. The molecule has 0 spiro atoms. The van der Waals surface area contributed by atoms with Gasteiger partial charge in [-0.05, 0) is 97.8 Å². The Morgan fingerprint density at radius 2 is 1.81 bits per heavy atom. The Hall–Kier alpha value is -2.61. The van der Waals surface area contributed by atoms with Gasteiger partial charge in [-0.1, -0.05) is 49.3 Å². The quantitative estimate of drug-likeness (QED) is 0.348. The first-order valence-electron chi connectivity index (χ1n) is 15.9. The Balaban J connectivity index is 1.25. The number of nitrogens with zero attached hydrogens (tertiary/aromatic N) is 1. The number of allylic oxidation sites excluding steroid dienone is 3. The zero-order valence-corrected chi connectivity index (χ0v) is 26.9. The van der Waals surface area contributed by atoms with Crippen LogP contribution in [0.15, 0.2) is 59.0 Å². The molecule has 0 bridgehead atoms. The number of ether oxygens (including phenoxy) is 2. The molecule has 7 heteroatoms. The van der Waals surface area contributed by atoms with E-state index in [4.69, 9.17) is 9.47 Å². The lowest BCUT2D eigenvalue weighted by atomic mass is 9.50. The molecule has 0 aliphatic heterocycles. The number of carbonyl (C=O) groups excluding carboxylic acids is 1. The number of carbonyl (C=O) groups is 1. The molecule has 3 saturated carbocycles. The van der Waals surface area contributed by atoms with E-state index in [-0.39, 0.29) is 29.3 Å². The highest BCUT2D eigenvalue weighted by molar-refractivity contribution is 7.09. The fraction of sp³-hybridized carbons (Fsp3) is 0.583. The molecule has 0 saturated heterocycles. The lowest BCUT2D eigenvalue weighted by Gasteiger charge is -2.56. The predicted octanol–water partition coefficient (Wildman–Crippen LogP) is 6.35. The number of thiophene rings is 1. The van der Waals surface area contributed by atoms with Crippen LogP contribution in [0.3, 0.4) is 0 Å². The van der Waals surface area contributed by atoms with Crippen molar-refractivity contribution in [1.82, 2.24) is 4.90 Å². The summed E-state index contributed by atoms with van der Waals surface area (Å²) in [6.07, 6.45) is 11.7. The molecule has 2 aromatic rings. The van der Waals surface area contributed by atoms with E-state index in [1.807, 2.05) is 23.1 Å². The summed E-state index contributed by atoms with van der Waals surface area (Å²) in [5.41, 5.74) is 2.61. The van der Waals surface area contributed by atoms with Crippen LogP contribution in [0, 0.1) is 22.7 Å². The van der Waals surface area contributed by atoms with Crippen molar-refractivity contribution in [3.8, 4) is 11.5 Å². The number of hydrogen-bond acceptors (Lipinski definition) is 6. The summed E-state index contributed by atoms with van der Waals surface area (Å²) in [5.74, 6) is 2.05. The lowest BCUT2D eigenvalue weighted by molar-refractivity contribution is -0.141. The summed E-state index contributed by atoms with van der Waals surface area (Å²) >= 11 is 1.71. The third-order valence-electron chi connectivity index (χ3n) is 11.7. The van der Waals surface area contributed by atoms with E-state index in [1.165, 1.54) is 16.0 Å². The second-order valence-corrected chi connectivity index (χ2v) is 14.8. The molecule has 4 aliphatic carbocycles. The van der Waals surface area contributed by atoms with Crippen molar-refractivity contribution < 1.29 is 24.5 Å². The highest BCUT2D eigenvalue weighted by Gasteiger charge is 2.62. The lowest BCUT2D eigenvalue weighted by Crippen LogP contribution is -2.57. The van der Waals surface area contributed by atoms with Gasteiger partial charge in [0.15, 0.2) is 11.5 Å². The number of amides is 1. The number of aliphatic hydroxyl groups is 2. The normalized spacial score (nSPS) is 33.0. The smallest absolute Gasteiger partial charge is 0.227 e. The largest absolute Gasteiger partial charge is 0.493 e. The molecular weight excluding hydrogens is 558 g/mol. The van der Waals surface area contributed by atoms with Crippen LogP contribution in [-0.2, 0) is 17.6 Å². The summed E-state index contributed by atoms with van der Waals surface area (Å²) in [7, 11) is 3.21. The standard InChI is InChI=1S/C36H47NO5S/c1-34-15-11-26(38)22-25(34)8-9-28-29(34)12-16-35(2)30(28)13-17-36(35,40)23-37(18-14-27-6-5-19-43-27)33(39)21-24-7-10-31(41-3)32(20-24)42-4/h5-10,19-20,26,29-30,38,40H,11-18,21-23H2,1-4H3/t26-,29-,30-,34-,35-,36+/m0/s1. The summed E-state index contributed by atoms with van der Waals surface area (Å²) in [6.45, 7) is 5.61. The first kappa shape index (κ1) is 30.4. The van der Waals surface area contributed by atoms with Gasteiger partial charge < -0.3 is 24.6 Å². The van der Waals surface area contributed by atoms with Gasteiger partial charge in [-0.2, -0.15) is 0 Å². The molecule has 4 aliphatic rings. The van der Waals surface area contributed by atoms with E-state index >= 15 is 0 Å². The zero-order chi connectivity index (χ0) is 30.4.